The van der Waals surface area contributed by atoms with Gasteiger partial charge in [-0.15, -0.1) is 11.3 Å². The van der Waals surface area contributed by atoms with Crippen LogP contribution in [0.3, 0.4) is 0 Å². The number of phenolic OH excluding ortho intramolecular Hbond substituents is 1. The van der Waals surface area contributed by atoms with Crippen LogP contribution in [0.5, 0.6) is 11.5 Å². The average molecular weight is 942 g/mol. The quantitative estimate of drug-likeness (QED) is 0.0388. The maximum atomic E-state index is 13.7. The maximum Gasteiger partial charge on any atom is 0.245 e. The number of carbonyl (C=O) groups is 4. The van der Waals surface area contributed by atoms with Gasteiger partial charge in [-0.05, 0) is 108 Å². The van der Waals surface area contributed by atoms with Gasteiger partial charge in [0.25, 0.3) is 0 Å². The number of nitrogens with zero attached hydrogens (tertiary/aromatic N) is 2. The predicted octanol–water partition coefficient (Wildman–Crippen LogP) is 10.6. The Labute approximate surface area is 407 Å². The highest BCUT2D eigenvalue weighted by Gasteiger charge is 2.43. The lowest BCUT2D eigenvalue weighted by Gasteiger charge is -2.38. The van der Waals surface area contributed by atoms with E-state index in [2.05, 4.69) is 59.0 Å². The number of aromatic hydroxyl groups is 1. The molecule has 11 nitrogen and oxygen atoms in total. The van der Waals surface area contributed by atoms with Gasteiger partial charge in [-0.1, -0.05) is 134 Å². The first-order valence-corrected chi connectivity index (χ1v) is 24.5. The Hall–Kier alpha value is -6.27. The molecule has 2 atom stereocenters. The lowest BCUT2D eigenvalue weighted by atomic mass is 9.73. The van der Waals surface area contributed by atoms with Crippen LogP contribution >= 0.6 is 11.3 Å². The first kappa shape index (κ1) is 52.7. The van der Waals surface area contributed by atoms with Crippen molar-refractivity contribution in [2.45, 2.75) is 114 Å². The molecule has 12 heteroatoms. The number of hydrogen-bond acceptors (Lipinski definition) is 8. The third kappa shape index (κ3) is 14.1. The second kappa shape index (κ2) is 23.6. The molecule has 1 aliphatic heterocycles. The zero-order chi connectivity index (χ0) is 49.6. The van der Waals surface area contributed by atoms with Gasteiger partial charge >= 0.3 is 0 Å². The fourth-order valence-electron chi connectivity index (χ4n) is 8.78. The van der Waals surface area contributed by atoms with Crippen molar-refractivity contribution in [3.05, 3.63) is 137 Å². The third-order valence-corrected chi connectivity index (χ3v) is 13.4. The number of hydrogen-bond donors (Lipinski definition) is 4. The molecule has 362 valence electrons. The second-order valence-electron chi connectivity index (χ2n) is 20.0. The zero-order valence-electron chi connectivity index (χ0n) is 41.6. The summed E-state index contributed by atoms with van der Waals surface area (Å²) in [6, 6.07) is 33.2. The average Bonchev–Trinajstić information content (AvgIpc) is 3.95. The van der Waals surface area contributed by atoms with E-state index in [1.165, 1.54) is 16.0 Å². The van der Waals surface area contributed by atoms with E-state index in [0.717, 1.165) is 52.8 Å². The predicted molar refractivity (Wildman–Crippen MR) is 275 cm³/mol. The standard InChI is InChI=1S/C44H59N3O5.C12H12N2OS/c1-10-36(31-16-12-11-13-17-31)37(32-18-22-34(48)23-19-32)33-20-24-35(25-21-33)52-28-26-45-40(50)43(6,7)29-44(8,9)41(51)46-38(42(3,4)5)39(49)47-27-14-15-30(47)2;1-9-12(16-8-14-9)11-4-2-10(3-5-11)6-13-7-15/h11-13,16-25,30,38,48H,10,14-15,26-29H2,1-9H3,(H,45,50)(H,46,51);2-5,7-8H,6H2,1H3,(H,13,15)/b37-36-;. The van der Waals surface area contributed by atoms with E-state index in [1.54, 1.807) is 23.5 Å². The van der Waals surface area contributed by atoms with Gasteiger partial charge in [0.05, 0.1) is 22.6 Å². The Morgan fingerprint density at radius 3 is 2.01 bits per heavy atom. The fourth-order valence-corrected chi connectivity index (χ4v) is 9.59. The summed E-state index contributed by atoms with van der Waals surface area (Å²) in [6.07, 6.45) is 3.77. The molecule has 0 saturated carbocycles. The van der Waals surface area contributed by atoms with Gasteiger partial charge in [0, 0.05) is 30.0 Å². The highest BCUT2D eigenvalue weighted by atomic mass is 32.1. The summed E-state index contributed by atoms with van der Waals surface area (Å²) < 4.78 is 6.02. The van der Waals surface area contributed by atoms with Crippen LogP contribution in [0.4, 0.5) is 0 Å². The number of phenols is 1. The lowest BCUT2D eigenvalue weighted by Crippen LogP contribution is -2.58. The lowest BCUT2D eigenvalue weighted by molar-refractivity contribution is -0.144. The first-order valence-electron chi connectivity index (χ1n) is 23.6. The maximum absolute atomic E-state index is 13.7. The minimum atomic E-state index is -0.898. The molecule has 4 amide bonds. The van der Waals surface area contributed by atoms with Crippen LogP contribution in [0.1, 0.15) is 116 Å². The normalized spacial score (nSPS) is 14.7. The van der Waals surface area contributed by atoms with E-state index < -0.39 is 22.3 Å². The molecule has 4 aromatic carbocycles. The van der Waals surface area contributed by atoms with Crippen LogP contribution in [0.25, 0.3) is 21.6 Å². The van der Waals surface area contributed by atoms with Crippen molar-refractivity contribution in [1.82, 2.24) is 25.8 Å². The number of aromatic nitrogens is 1. The van der Waals surface area contributed by atoms with E-state index in [9.17, 15) is 24.3 Å². The minimum Gasteiger partial charge on any atom is -0.508 e. The SMILES string of the molecule is CC/C(=C(\c1ccc(O)cc1)c1ccc(OCCNC(=O)C(C)(C)CC(C)(C)C(=O)NC(C(=O)N2CCCC2C)C(C)(C)C)cc1)c1ccccc1.Cc1ncsc1-c1ccc(CNC=O)cc1. The number of nitrogens with one attached hydrogen (secondary N) is 3. The molecule has 5 aromatic rings. The minimum absolute atomic E-state index is 0.0413. The first-order chi connectivity index (χ1) is 32.2. The number of thiazole rings is 1. The number of benzene rings is 4. The van der Waals surface area contributed by atoms with Crippen LogP contribution in [0.15, 0.2) is 109 Å². The monoisotopic (exact) mass is 942 g/mol. The van der Waals surface area contributed by atoms with Crippen molar-refractivity contribution in [2.24, 2.45) is 16.2 Å². The summed E-state index contributed by atoms with van der Waals surface area (Å²) in [5.74, 6) is 0.459. The van der Waals surface area contributed by atoms with Crippen LogP contribution < -0.4 is 20.7 Å². The van der Waals surface area contributed by atoms with Crippen LogP contribution in [0, 0.1) is 23.2 Å². The highest BCUT2D eigenvalue weighted by Crippen LogP contribution is 2.37. The van der Waals surface area contributed by atoms with Crippen molar-refractivity contribution in [3.63, 3.8) is 0 Å². The number of aryl methyl sites for hydroxylation is 1. The Morgan fingerprint density at radius 1 is 0.853 bits per heavy atom. The molecule has 0 bridgehead atoms. The second-order valence-corrected chi connectivity index (χ2v) is 20.8. The molecule has 1 aliphatic rings. The van der Waals surface area contributed by atoms with Gasteiger partial charge < -0.3 is 30.7 Å². The molecule has 1 fully saturated rings. The Balaban J connectivity index is 0.000000452. The summed E-state index contributed by atoms with van der Waals surface area (Å²) in [6.45, 7) is 21.3. The van der Waals surface area contributed by atoms with Crippen molar-refractivity contribution in [3.8, 4) is 21.9 Å². The zero-order valence-corrected chi connectivity index (χ0v) is 42.4. The molecule has 1 saturated heterocycles. The fraction of sp³-hybridized carbons (Fsp3) is 0.411. The van der Waals surface area contributed by atoms with E-state index in [-0.39, 0.29) is 36.1 Å². The van der Waals surface area contributed by atoms with E-state index in [0.29, 0.717) is 38.2 Å². The molecule has 68 heavy (non-hydrogen) atoms. The molecular weight excluding hydrogens is 871 g/mol. The molecule has 2 heterocycles. The molecule has 0 radical (unpaired) electrons. The van der Waals surface area contributed by atoms with Gasteiger partial charge in [0.1, 0.15) is 24.1 Å². The number of carbonyl (C=O) groups excluding carboxylic acids is 4. The Kier molecular flexibility index (Phi) is 18.3. The molecule has 6 rings (SSSR count). The van der Waals surface area contributed by atoms with Crippen LogP contribution in [0.2, 0.25) is 0 Å². The summed E-state index contributed by atoms with van der Waals surface area (Å²) in [7, 11) is 0. The molecule has 1 aromatic heterocycles. The summed E-state index contributed by atoms with van der Waals surface area (Å²) >= 11 is 1.64. The topological polar surface area (TPSA) is 150 Å². The number of rotatable bonds is 18. The summed E-state index contributed by atoms with van der Waals surface area (Å²) in [5, 5.41) is 18.6. The van der Waals surface area contributed by atoms with Gasteiger partial charge in [-0.3, -0.25) is 19.2 Å². The van der Waals surface area contributed by atoms with E-state index in [4.69, 9.17) is 4.74 Å². The molecule has 4 N–H and O–H groups in total. The molecule has 0 aliphatic carbocycles. The van der Waals surface area contributed by atoms with Gasteiger partial charge in [-0.25, -0.2) is 4.98 Å². The summed E-state index contributed by atoms with van der Waals surface area (Å²) in [4.78, 5) is 58.1. The number of likely N-dealkylation sites (tertiary alicyclic amines) is 1. The number of amides is 4. The number of allylic oxidation sites excluding steroid dienone is 1. The van der Waals surface area contributed by atoms with E-state index in [1.807, 2.05) is 133 Å². The Bertz CT molecular complexity index is 2470. The number of ether oxygens (including phenoxy) is 1. The van der Waals surface area contributed by atoms with Crippen molar-refractivity contribution < 1.29 is 29.0 Å². The Morgan fingerprint density at radius 2 is 1.47 bits per heavy atom. The van der Waals surface area contributed by atoms with Crippen molar-refractivity contribution in [1.29, 1.82) is 0 Å². The highest BCUT2D eigenvalue weighted by molar-refractivity contribution is 7.13. The largest absolute Gasteiger partial charge is 0.508 e. The van der Waals surface area contributed by atoms with E-state index >= 15 is 0 Å². The van der Waals surface area contributed by atoms with Crippen molar-refractivity contribution >= 4 is 46.6 Å². The smallest absolute Gasteiger partial charge is 0.245 e. The third-order valence-electron chi connectivity index (χ3n) is 12.4. The van der Waals surface area contributed by atoms with Crippen LogP contribution in [-0.2, 0) is 25.7 Å². The van der Waals surface area contributed by atoms with Gasteiger partial charge in [0.2, 0.25) is 24.1 Å². The van der Waals surface area contributed by atoms with Crippen molar-refractivity contribution in [2.75, 3.05) is 19.7 Å². The molecule has 2 unspecified atom stereocenters. The van der Waals surface area contributed by atoms with Gasteiger partial charge in [-0.2, -0.15) is 0 Å². The van der Waals surface area contributed by atoms with Gasteiger partial charge in [0.15, 0.2) is 0 Å². The molecule has 0 spiro atoms. The molecular formula is C56H71N5O6S. The summed E-state index contributed by atoms with van der Waals surface area (Å²) in [5.41, 5.74) is 8.45. The van der Waals surface area contributed by atoms with Crippen LogP contribution in [-0.4, -0.2) is 70.9 Å².